The maximum Gasteiger partial charge on any atom is 0.231 e. The van der Waals surface area contributed by atoms with Gasteiger partial charge in [-0.05, 0) is 23.4 Å². The molecule has 0 bridgehead atoms. The molecule has 0 saturated carbocycles. The third-order valence-corrected chi connectivity index (χ3v) is 2.20. The minimum Gasteiger partial charge on any atom is -0.454 e. The van der Waals surface area contributed by atoms with Crippen LogP contribution in [-0.4, -0.2) is 13.0 Å². The second-order valence-electron chi connectivity index (χ2n) is 3.05. The summed E-state index contributed by atoms with van der Waals surface area (Å²) in [6.45, 7) is 0.305. The lowest BCUT2D eigenvalue weighted by molar-refractivity contribution is 0.174. The summed E-state index contributed by atoms with van der Waals surface area (Å²) < 4.78 is 10.6. The average Bonchev–Trinajstić information content (AvgIpc) is 2.51. The topological polar surface area (TPSA) is 42.9 Å². The van der Waals surface area contributed by atoms with Crippen molar-refractivity contribution in [2.24, 2.45) is 5.10 Å². The van der Waals surface area contributed by atoms with E-state index in [1.54, 1.807) is 6.21 Å². The van der Waals surface area contributed by atoms with E-state index in [0.717, 1.165) is 21.9 Å². The van der Waals surface area contributed by atoms with Crippen molar-refractivity contribution in [2.45, 2.75) is 0 Å². The molecule has 2 aliphatic rings. The largest absolute Gasteiger partial charge is 0.454 e. The molecule has 4 nitrogen and oxygen atoms in total. The molecule has 0 fully saturated rings. The Bertz CT molecular complexity index is 520. The lowest BCUT2D eigenvalue weighted by Gasteiger charge is -1.95. The number of hydrogen-bond donors (Lipinski definition) is 1. The van der Waals surface area contributed by atoms with Crippen molar-refractivity contribution in [3.63, 3.8) is 0 Å². The lowest BCUT2D eigenvalue weighted by Crippen LogP contribution is -2.24. The van der Waals surface area contributed by atoms with Crippen molar-refractivity contribution in [1.29, 1.82) is 0 Å². The van der Waals surface area contributed by atoms with E-state index in [9.17, 15) is 0 Å². The second-order valence-corrected chi connectivity index (χ2v) is 3.05. The van der Waals surface area contributed by atoms with Crippen LogP contribution in [0.3, 0.4) is 0 Å². The molecule has 3 rings (SSSR count). The van der Waals surface area contributed by atoms with E-state index in [1.807, 2.05) is 24.4 Å². The predicted molar refractivity (Wildman–Crippen MR) is 52.4 cm³/mol. The minimum atomic E-state index is 0.305. The summed E-state index contributed by atoms with van der Waals surface area (Å²) in [6.07, 6.45) is 5.47. The van der Waals surface area contributed by atoms with E-state index in [1.165, 1.54) is 0 Å². The van der Waals surface area contributed by atoms with Gasteiger partial charge in [-0.2, -0.15) is 5.10 Å². The quantitative estimate of drug-likeness (QED) is 0.598. The van der Waals surface area contributed by atoms with Crippen LogP contribution in [0.15, 0.2) is 17.2 Å². The Labute approximate surface area is 80.1 Å². The third-order valence-electron chi connectivity index (χ3n) is 2.20. The van der Waals surface area contributed by atoms with Crippen LogP contribution in [-0.2, 0) is 0 Å². The summed E-state index contributed by atoms with van der Waals surface area (Å²) in [5, 5.41) is 6.04. The van der Waals surface area contributed by atoms with Gasteiger partial charge in [0.25, 0.3) is 0 Å². The van der Waals surface area contributed by atoms with Crippen LogP contribution >= 0.6 is 0 Å². The van der Waals surface area contributed by atoms with Crippen LogP contribution in [0.2, 0.25) is 0 Å². The van der Waals surface area contributed by atoms with Crippen molar-refractivity contribution in [3.05, 3.63) is 22.6 Å². The van der Waals surface area contributed by atoms with Gasteiger partial charge in [-0.3, -0.25) is 5.43 Å². The maximum absolute atomic E-state index is 5.28. The summed E-state index contributed by atoms with van der Waals surface area (Å²) in [7, 11) is 0. The van der Waals surface area contributed by atoms with Gasteiger partial charge in [0.05, 0.1) is 0 Å². The van der Waals surface area contributed by atoms with Gasteiger partial charge in [-0.25, -0.2) is 0 Å². The number of nitrogens with one attached hydrogen (secondary N) is 1. The molecular formula is C10H8N2O2. The summed E-state index contributed by atoms with van der Waals surface area (Å²) in [4.78, 5) is 0. The van der Waals surface area contributed by atoms with Gasteiger partial charge in [-0.1, -0.05) is 0 Å². The van der Waals surface area contributed by atoms with Crippen molar-refractivity contribution in [3.8, 4) is 11.5 Å². The number of rotatable bonds is 0. The molecule has 0 atom stereocenters. The van der Waals surface area contributed by atoms with Crippen LogP contribution in [0.4, 0.5) is 0 Å². The summed E-state index contributed by atoms with van der Waals surface area (Å²) in [5.41, 5.74) is 2.81. The van der Waals surface area contributed by atoms with Crippen LogP contribution in [0.1, 0.15) is 0 Å². The summed E-state index contributed by atoms with van der Waals surface area (Å²) in [6, 6.07) is 3.89. The molecule has 0 amide bonds. The van der Waals surface area contributed by atoms with Crippen molar-refractivity contribution in [1.82, 2.24) is 5.43 Å². The molecule has 1 aromatic carbocycles. The molecule has 0 saturated heterocycles. The minimum absolute atomic E-state index is 0.305. The Hall–Kier alpha value is -1.97. The first kappa shape index (κ1) is 7.44. The number of ether oxygens (including phenoxy) is 2. The molecule has 0 aromatic heterocycles. The Morgan fingerprint density at radius 1 is 1.14 bits per heavy atom. The highest BCUT2D eigenvalue weighted by atomic mass is 16.7. The number of nitrogens with zero attached hydrogens (tertiary/aromatic N) is 1. The summed E-state index contributed by atoms with van der Waals surface area (Å²) in [5.74, 6) is 1.58. The van der Waals surface area contributed by atoms with Gasteiger partial charge >= 0.3 is 0 Å². The number of fused-ring (bicyclic) bond motifs is 2. The van der Waals surface area contributed by atoms with E-state index in [2.05, 4.69) is 10.5 Å². The van der Waals surface area contributed by atoms with Gasteiger partial charge < -0.3 is 9.47 Å². The maximum atomic E-state index is 5.28. The number of hydrogen-bond acceptors (Lipinski definition) is 4. The van der Waals surface area contributed by atoms with Crippen molar-refractivity contribution >= 4 is 18.5 Å². The zero-order valence-corrected chi connectivity index (χ0v) is 7.36. The fourth-order valence-electron chi connectivity index (χ4n) is 1.51. The second kappa shape index (κ2) is 2.77. The van der Waals surface area contributed by atoms with E-state index in [-0.39, 0.29) is 0 Å². The Balaban J connectivity index is 2.33. The van der Waals surface area contributed by atoms with E-state index in [0.29, 0.717) is 6.79 Å². The molecule has 0 aliphatic carbocycles. The molecule has 70 valence electrons. The highest BCUT2D eigenvalue weighted by Gasteiger charge is 2.12. The fraction of sp³-hybridized carbons (Fsp3) is 0.100. The molecular weight excluding hydrogens is 180 g/mol. The third kappa shape index (κ3) is 1.04. The zero-order chi connectivity index (χ0) is 9.38. The number of hydrazone groups is 1. The first-order valence-corrected chi connectivity index (χ1v) is 4.32. The van der Waals surface area contributed by atoms with Crippen LogP contribution in [0.25, 0.3) is 12.3 Å². The van der Waals surface area contributed by atoms with Crippen molar-refractivity contribution < 1.29 is 9.47 Å². The summed E-state index contributed by atoms with van der Waals surface area (Å²) >= 11 is 0. The molecule has 1 N–H and O–H groups in total. The number of benzene rings is 1. The lowest BCUT2D eigenvalue weighted by atomic mass is 10.2. The Morgan fingerprint density at radius 3 is 2.79 bits per heavy atom. The van der Waals surface area contributed by atoms with Crippen LogP contribution < -0.4 is 25.3 Å². The van der Waals surface area contributed by atoms with Gasteiger partial charge in [0.1, 0.15) is 0 Å². The van der Waals surface area contributed by atoms with Gasteiger partial charge in [0.15, 0.2) is 11.5 Å². The van der Waals surface area contributed by atoms with Gasteiger partial charge in [-0.15, -0.1) is 0 Å². The highest BCUT2D eigenvalue weighted by molar-refractivity contribution is 5.91. The first-order chi connectivity index (χ1) is 6.93. The Morgan fingerprint density at radius 2 is 1.93 bits per heavy atom. The molecule has 2 aliphatic heterocycles. The van der Waals surface area contributed by atoms with Gasteiger partial charge in [0.2, 0.25) is 6.79 Å². The SMILES string of the molecule is C1=NNC=c2cc3c(cc2=C1)OCO3. The molecule has 0 unspecified atom stereocenters. The van der Waals surface area contributed by atoms with Crippen LogP contribution in [0, 0.1) is 0 Å². The van der Waals surface area contributed by atoms with Crippen molar-refractivity contribution in [2.75, 3.05) is 6.79 Å². The first-order valence-electron chi connectivity index (χ1n) is 4.32. The fourth-order valence-corrected chi connectivity index (χ4v) is 1.51. The van der Waals surface area contributed by atoms with E-state index >= 15 is 0 Å². The standard InChI is InChI=1S/C10H8N2O2/c1-2-11-12-5-8-4-10-9(3-7(1)8)13-6-14-10/h1-5,12H,6H2. The molecule has 0 radical (unpaired) electrons. The zero-order valence-electron chi connectivity index (χ0n) is 7.36. The average molecular weight is 188 g/mol. The Kier molecular flexibility index (Phi) is 1.47. The van der Waals surface area contributed by atoms with Gasteiger partial charge in [0, 0.05) is 17.6 Å². The normalized spacial score (nSPS) is 16.0. The molecule has 14 heavy (non-hydrogen) atoms. The van der Waals surface area contributed by atoms with E-state index in [4.69, 9.17) is 9.47 Å². The molecule has 4 heteroatoms. The molecule has 2 heterocycles. The smallest absolute Gasteiger partial charge is 0.231 e. The molecule has 1 aromatic rings. The molecule has 0 spiro atoms. The van der Waals surface area contributed by atoms with E-state index < -0.39 is 0 Å². The highest BCUT2D eigenvalue weighted by Crippen LogP contribution is 2.27. The predicted octanol–water partition coefficient (Wildman–Crippen LogP) is -0.477. The van der Waals surface area contributed by atoms with Crippen LogP contribution in [0.5, 0.6) is 11.5 Å². The monoisotopic (exact) mass is 188 g/mol.